The van der Waals surface area contributed by atoms with Crippen LogP contribution in [0.3, 0.4) is 0 Å². The topological polar surface area (TPSA) is 51.0 Å². The summed E-state index contributed by atoms with van der Waals surface area (Å²) in [7, 11) is 0. The minimum atomic E-state index is -0.621. The van der Waals surface area contributed by atoms with E-state index in [1.54, 1.807) is 18.5 Å². The molecule has 0 amide bonds. The highest BCUT2D eigenvalue weighted by Gasteiger charge is 2.13. The van der Waals surface area contributed by atoms with Crippen LogP contribution in [0.2, 0.25) is 5.02 Å². The number of aromatic nitrogens is 2. The molecule has 4 nitrogen and oxygen atoms in total. The third-order valence-corrected chi connectivity index (χ3v) is 4.49. The number of oxazole rings is 1. The van der Waals surface area contributed by atoms with Gasteiger partial charge in [-0.15, -0.1) is 0 Å². The fourth-order valence-corrected chi connectivity index (χ4v) is 3.09. The predicted octanol–water partition coefficient (Wildman–Crippen LogP) is 6.00. The van der Waals surface area contributed by atoms with Gasteiger partial charge in [0.2, 0.25) is 0 Å². The molecule has 0 aliphatic rings. The van der Waals surface area contributed by atoms with E-state index in [4.69, 9.17) is 16.0 Å². The van der Waals surface area contributed by atoms with Crippen LogP contribution in [0.5, 0.6) is 0 Å². The molecule has 7 heteroatoms. The van der Waals surface area contributed by atoms with Crippen molar-refractivity contribution < 1.29 is 13.2 Å². The van der Waals surface area contributed by atoms with Gasteiger partial charge in [0.15, 0.2) is 0 Å². The second-order valence-electron chi connectivity index (χ2n) is 6.06. The Labute approximate surface area is 164 Å². The lowest BCUT2D eigenvalue weighted by Gasteiger charge is -2.07. The summed E-state index contributed by atoms with van der Waals surface area (Å²) >= 11 is 6.38. The summed E-state index contributed by atoms with van der Waals surface area (Å²) < 4.78 is 33.1. The smallest absolute Gasteiger partial charge is 0.299 e. The zero-order chi connectivity index (χ0) is 19.5. The van der Waals surface area contributed by atoms with Crippen molar-refractivity contribution in [1.82, 2.24) is 9.97 Å². The molecule has 0 spiro atoms. The molecule has 28 heavy (non-hydrogen) atoms. The van der Waals surface area contributed by atoms with E-state index >= 15 is 0 Å². The van der Waals surface area contributed by atoms with E-state index in [0.29, 0.717) is 16.5 Å². The molecule has 0 aliphatic carbocycles. The lowest BCUT2D eigenvalue weighted by atomic mass is 10.1. The van der Waals surface area contributed by atoms with Crippen LogP contribution in [0.15, 0.2) is 71.5 Å². The van der Waals surface area contributed by atoms with Crippen molar-refractivity contribution in [3.05, 3.63) is 95.1 Å². The number of benzene rings is 2. The van der Waals surface area contributed by atoms with Gasteiger partial charge in [-0.3, -0.25) is 4.98 Å². The molecule has 1 N–H and O–H groups in total. The first-order valence-electron chi connectivity index (χ1n) is 8.45. The molecule has 4 rings (SSSR count). The number of halogens is 3. The molecule has 2 aromatic carbocycles. The van der Waals surface area contributed by atoms with Gasteiger partial charge in [0.05, 0.1) is 11.2 Å². The highest BCUT2D eigenvalue weighted by Crippen LogP contribution is 2.31. The summed E-state index contributed by atoms with van der Waals surface area (Å²) in [5.74, 6) is -0.903. The van der Waals surface area contributed by atoms with Gasteiger partial charge in [-0.25, -0.2) is 13.8 Å². The molecule has 0 bridgehead atoms. The Balaban J connectivity index is 1.51. The molecule has 0 aliphatic heterocycles. The molecule has 0 fully saturated rings. The van der Waals surface area contributed by atoms with E-state index in [2.05, 4.69) is 15.3 Å². The van der Waals surface area contributed by atoms with Crippen molar-refractivity contribution in [2.45, 2.75) is 6.42 Å². The van der Waals surface area contributed by atoms with Gasteiger partial charge in [0.1, 0.15) is 17.4 Å². The first-order chi connectivity index (χ1) is 13.6. The number of pyridine rings is 1. The summed E-state index contributed by atoms with van der Waals surface area (Å²) in [5.41, 5.74) is 2.44. The minimum absolute atomic E-state index is 0.0328. The van der Waals surface area contributed by atoms with Crippen molar-refractivity contribution in [1.29, 1.82) is 0 Å². The maximum Gasteiger partial charge on any atom is 0.299 e. The number of hydrogen-bond acceptors (Lipinski definition) is 4. The largest absolute Gasteiger partial charge is 0.428 e. The van der Waals surface area contributed by atoms with Crippen LogP contribution in [0, 0.1) is 11.6 Å². The highest BCUT2D eigenvalue weighted by atomic mass is 35.5. The van der Waals surface area contributed by atoms with E-state index < -0.39 is 11.6 Å². The number of hydrogen-bond donors (Lipinski definition) is 1. The predicted molar refractivity (Wildman–Crippen MR) is 104 cm³/mol. The normalized spacial score (nSPS) is 10.8. The first kappa shape index (κ1) is 18.1. The van der Waals surface area contributed by atoms with Gasteiger partial charge >= 0.3 is 0 Å². The lowest BCUT2D eigenvalue weighted by molar-refractivity contribution is 0.511. The third kappa shape index (κ3) is 3.87. The summed E-state index contributed by atoms with van der Waals surface area (Å²) in [4.78, 5) is 8.10. The molecule has 4 aromatic rings. The van der Waals surface area contributed by atoms with Gasteiger partial charge in [-0.2, -0.15) is 0 Å². The van der Waals surface area contributed by atoms with E-state index in [-0.39, 0.29) is 18.0 Å². The molecule has 2 aromatic heterocycles. The van der Waals surface area contributed by atoms with Crippen molar-refractivity contribution in [2.75, 3.05) is 5.32 Å². The Hall–Kier alpha value is -3.25. The Morgan fingerprint density at radius 2 is 1.75 bits per heavy atom. The summed E-state index contributed by atoms with van der Waals surface area (Å²) in [6.07, 6.45) is 4.80. The molecule has 0 saturated heterocycles. The third-order valence-electron chi connectivity index (χ3n) is 4.18. The zero-order valence-corrected chi connectivity index (χ0v) is 15.3. The monoisotopic (exact) mass is 397 g/mol. The van der Waals surface area contributed by atoms with Gasteiger partial charge < -0.3 is 9.73 Å². The van der Waals surface area contributed by atoms with Crippen molar-refractivity contribution in [2.24, 2.45) is 0 Å². The van der Waals surface area contributed by atoms with Gasteiger partial charge in [0, 0.05) is 35.6 Å². The quantitative estimate of drug-likeness (QED) is 0.448. The number of nitrogens with one attached hydrogen (secondary N) is 1. The van der Waals surface area contributed by atoms with Crippen molar-refractivity contribution in [3.8, 4) is 11.1 Å². The Bertz CT molecular complexity index is 1100. The summed E-state index contributed by atoms with van der Waals surface area (Å²) in [6.45, 7) is 0. The van der Waals surface area contributed by atoms with Crippen LogP contribution >= 0.6 is 11.6 Å². The zero-order valence-electron chi connectivity index (χ0n) is 14.5. The fraction of sp³-hybridized carbons (Fsp3) is 0.0476. The first-order valence-corrected chi connectivity index (χ1v) is 8.82. The van der Waals surface area contributed by atoms with Crippen LogP contribution in [0.25, 0.3) is 11.1 Å². The molecule has 140 valence electrons. The maximum absolute atomic E-state index is 13.8. The molecule has 2 heterocycles. The SMILES string of the molecule is Fc1cccc(F)c1Cc1cnc(Nc2ccc(-c3ccncc3)c(Cl)c2)o1. The summed E-state index contributed by atoms with van der Waals surface area (Å²) in [5, 5.41) is 3.55. The molecule has 0 unspecified atom stereocenters. The average Bonchev–Trinajstić information content (AvgIpc) is 3.13. The Kier molecular flexibility index (Phi) is 5.04. The lowest BCUT2D eigenvalue weighted by Crippen LogP contribution is -1.95. The molecule has 0 saturated carbocycles. The van der Waals surface area contributed by atoms with E-state index in [1.807, 2.05) is 24.3 Å². The standard InChI is InChI=1S/C21H14ClF2N3O/c22-18-10-14(4-5-16(18)13-6-8-25-9-7-13)27-21-26-12-15(28-21)11-17-19(23)2-1-3-20(17)24/h1-10,12H,11H2,(H,26,27). The fourth-order valence-electron chi connectivity index (χ4n) is 2.80. The highest BCUT2D eigenvalue weighted by molar-refractivity contribution is 6.33. The van der Waals surface area contributed by atoms with Crippen LogP contribution in [0.1, 0.15) is 11.3 Å². The van der Waals surface area contributed by atoms with Gasteiger partial charge in [-0.1, -0.05) is 23.7 Å². The van der Waals surface area contributed by atoms with Crippen LogP contribution < -0.4 is 5.32 Å². The van der Waals surface area contributed by atoms with Crippen molar-refractivity contribution >= 4 is 23.3 Å². The summed E-state index contributed by atoms with van der Waals surface area (Å²) in [6, 6.07) is 13.1. The van der Waals surface area contributed by atoms with Crippen LogP contribution in [-0.4, -0.2) is 9.97 Å². The second kappa shape index (κ2) is 7.78. The number of nitrogens with zero attached hydrogens (tertiary/aromatic N) is 2. The van der Waals surface area contributed by atoms with Crippen LogP contribution in [-0.2, 0) is 6.42 Å². The maximum atomic E-state index is 13.8. The Morgan fingerprint density at radius 1 is 1.00 bits per heavy atom. The van der Waals surface area contributed by atoms with E-state index in [1.165, 1.54) is 24.4 Å². The molecule has 0 radical (unpaired) electrons. The molecule has 0 atom stereocenters. The number of anilines is 2. The van der Waals surface area contributed by atoms with Gasteiger partial charge in [0.25, 0.3) is 6.01 Å². The molecular weight excluding hydrogens is 384 g/mol. The second-order valence-corrected chi connectivity index (χ2v) is 6.47. The van der Waals surface area contributed by atoms with Crippen LogP contribution in [0.4, 0.5) is 20.5 Å². The minimum Gasteiger partial charge on any atom is -0.428 e. The molecular formula is C21H14ClF2N3O. The number of rotatable bonds is 5. The Morgan fingerprint density at radius 3 is 2.46 bits per heavy atom. The average molecular weight is 398 g/mol. The van der Waals surface area contributed by atoms with E-state index in [0.717, 1.165) is 11.1 Å². The van der Waals surface area contributed by atoms with E-state index in [9.17, 15) is 8.78 Å². The van der Waals surface area contributed by atoms with Crippen molar-refractivity contribution in [3.63, 3.8) is 0 Å². The van der Waals surface area contributed by atoms with Gasteiger partial charge in [-0.05, 0) is 42.0 Å².